The summed E-state index contributed by atoms with van der Waals surface area (Å²) in [4.78, 5) is 21.9. The lowest BCUT2D eigenvalue weighted by atomic mass is 9.76. The molecule has 1 aromatic carbocycles. The van der Waals surface area contributed by atoms with Crippen LogP contribution in [0.1, 0.15) is 48.8 Å². The number of piperidine rings is 2. The standard InChI is InChI=1S/C25H27N5O2S/c1-14-19(12-26-30(14)13-15-3-9-18(32-2)10-4-15)21-11-20-23(33-21)25(31)29-24(28-20)22-16-5-7-17(27-22)8-6-16/h3-4,9-12,16-17,22,27H,5-8,13H2,1-2H3,(H,28,29,31). The Morgan fingerprint density at radius 2 is 1.97 bits per heavy atom. The van der Waals surface area contributed by atoms with Crippen LogP contribution in [-0.4, -0.2) is 32.9 Å². The summed E-state index contributed by atoms with van der Waals surface area (Å²) in [5, 5.41) is 8.31. The van der Waals surface area contributed by atoms with E-state index in [1.807, 2.05) is 29.1 Å². The summed E-state index contributed by atoms with van der Waals surface area (Å²) in [7, 11) is 1.67. The van der Waals surface area contributed by atoms with E-state index in [1.165, 1.54) is 37.0 Å². The van der Waals surface area contributed by atoms with E-state index in [9.17, 15) is 4.79 Å². The van der Waals surface area contributed by atoms with Crippen LogP contribution in [0, 0.1) is 12.8 Å². The van der Waals surface area contributed by atoms with Crippen molar-refractivity contribution in [1.82, 2.24) is 25.1 Å². The largest absolute Gasteiger partial charge is 0.497 e. The van der Waals surface area contributed by atoms with Crippen molar-refractivity contribution in [2.45, 2.75) is 51.2 Å². The molecular formula is C25H27N5O2S. The van der Waals surface area contributed by atoms with Crippen LogP contribution in [0.25, 0.3) is 20.7 Å². The Bertz CT molecular complexity index is 1360. The Kier molecular flexibility index (Phi) is 5.07. The maximum Gasteiger partial charge on any atom is 0.268 e. The molecule has 2 aliphatic heterocycles. The highest BCUT2D eigenvalue weighted by Gasteiger charge is 2.37. The maximum absolute atomic E-state index is 12.9. The fourth-order valence-electron chi connectivity index (χ4n) is 5.30. The van der Waals surface area contributed by atoms with Crippen molar-refractivity contribution < 1.29 is 4.74 Å². The smallest absolute Gasteiger partial charge is 0.268 e. The third-order valence-electron chi connectivity index (χ3n) is 7.21. The number of benzene rings is 1. The van der Waals surface area contributed by atoms with Crippen molar-refractivity contribution in [2.24, 2.45) is 5.92 Å². The molecule has 3 aromatic heterocycles. The molecule has 33 heavy (non-hydrogen) atoms. The van der Waals surface area contributed by atoms with E-state index in [2.05, 4.69) is 34.5 Å². The Morgan fingerprint density at radius 1 is 1.18 bits per heavy atom. The van der Waals surface area contributed by atoms with E-state index < -0.39 is 0 Å². The summed E-state index contributed by atoms with van der Waals surface area (Å²) in [5.41, 5.74) is 4.00. The summed E-state index contributed by atoms with van der Waals surface area (Å²) in [6, 6.07) is 10.8. The first-order valence-corrected chi connectivity index (χ1v) is 12.4. The van der Waals surface area contributed by atoms with Gasteiger partial charge in [0.25, 0.3) is 5.56 Å². The van der Waals surface area contributed by atoms with Crippen molar-refractivity contribution in [3.05, 3.63) is 64.0 Å². The molecule has 1 atom stereocenters. The molecule has 7 rings (SSSR count). The molecule has 0 amide bonds. The minimum atomic E-state index is -0.0437. The van der Waals surface area contributed by atoms with Crippen LogP contribution in [0.4, 0.5) is 0 Å². The van der Waals surface area contributed by atoms with Crippen LogP contribution >= 0.6 is 11.3 Å². The number of hydrogen-bond donors (Lipinski definition) is 2. The van der Waals surface area contributed by atoms with Gasteiger partial charge in [0.05, 0.1) is 31.4 Å². The molecule has 5 heterocycles. The average Bonchev–Trinajstić information content (AvgIpc) is 3.44. The first kappa shape index (κ1) is 20.6. The van der Waals surface area contributed by atoms with Gasteiger partial charge in [-0.05, 0) is 62.3 Å². The molecule has 2 bridgehead atoms. The lowest BCUT2D eigenvalue weighted by Crippen LogP contribution is -2.47. The van der Waals surface area contributed by atoms with Gasteiger partial charge in [-0.1, -0.05) is 12.1 Å². The fourth-order valence-corrected chi connectivity index (χ4v) is 6.35. The van der Waals surface area contributed by atoms with E-state index in [1.54, 1.807) is 7.11 Å². The van der Waals surface area contributed by atoms with Gasteiger partial charge < -0.3 is 15.0 Å². The summed E-state index contributed by atoms with van der Waals surface area (Å²) in [5.74, 6) is 2.19. The molecule has 1 unspecified atom stereocenters. The minimum Gasteiger partial charge on any atom is -0.497 e. The quantitative estimate of drug-likeness (QED) is 0.460. The van der Waals surface area contributed by atoms with E-state index in [-0.39, 0.29) is 11.6 Å². The third kappa shape index (κ3) is 3.67. The molecule has 1 saturated carbocycles. The first-order valence-electron chi connectivity index (χ1n) is 11.5. The van der Waals surface area contributed by atoms with Crippen LogP contribution in [0.2, 0.25) is 0 Å². The van der Waals surface area contributed by atoms with Crippen LogP contribution in [-0.2, 0) is 6.54 Å². The lowest BCUT2D eigenvalue weighted by molar-refractivity contribution is 0.144. The van der Waals surface area contributed by atoms with Gasteiger partial charge in [-0.15, -0.1) is 11.3 Å². The number of hydrogen-bond acceptors (Lipinski definition) is 6. The van der Waals surface area contributed by atoms with E-state index in [0.29, 0.717) is 23.2 Å². The molecule has 3 aliphatic rings. The van der Waals surface area contributed by atoms with E-state index in [4.69, 9.17) is 9.72 Å². The van der Waals surface area contributed by atoms with E-state index in [0.717, 1.165) is 38.8 Å². The van der Waals surface area contributed by atoms with Crippen LogP contribution in [0.3, 0.4) is 0 Å². The van der Waals surface area contributed by atoms with Gasteiger partial charge in [-0.2, -0.15) is 5.10 Å². The zero-order valence-electron chi connectivity index (χ0n) is 18.8. The van der Waals surface area contributed by atoms with Crippen LogP contribution in [0.5, 0.6) is 5.75 Å². The van der Waals surface area contributed by atoms with Gasteiger partial charge >= 0.3 is 0 Å². The molecule has 7 nitrogen and oxygen atoms in total. The van der Waals surface area contributed by atoms with Crippen LogP contribution in [0.15, 0.2) is 41.3 Å². The molecule has 0 spiro atoms. The molecule has 3 fully saturated rings. The van der Waals surface area contributed by atoms with Gasteiger partial charge in [0.15, 0.2) is 0 Å². The Hall–Kier alpha value is -2.97. The Morgan fingerprint density at radius 3 is 2.67 bits per heavy atom. The van der Waals surface area contributed by atoms with E-state index >= 15 is 0 Å². The number of aromatic nitrogens is 4. The predicted octanol–water partition coefficient (Wildman–Crippen LogP) is 4.42. The first-order chi connectivity index (χ1) is 16.1. The number of rotatable bonds is 5. The van der Waals surface area contributed by atoms with Crippen LogP contribution < -0.4 is 15.6 Å². The summed E-state index contributed by atoms with van der Waals surface area (Å²) in [6.45, 7) is 2.75. The third-order valence-corrected chi connectivity index (χ3v) is 8.37. The molecule has 8 heteroatoms. The number of aromatic amines is 1. The zero-order valence-corrected chi connectivity index (χ0v) is 19.6. The average molecular weight is 462 g/mol. The number of ether oxygens (including phenoxy) is 1. The van der Waals surface area contributed by atoms with Gasteiger partial charge in [-0.25, -0.2) is 4.98 Å². The normalized spacial score (nSPS) is 22.2. The molecule has 2 N–H and O–H groups in total. The van der Waals surface area contributed by atoms with Gasteiger partial charge in [0.1, 0.15) is 16.3 Å². The monoisotopic (exact) mass is 461 g/mol. The fraction of sp³-hybridized carbons (Fsp3) is 0.400. The van der Waals surface area contributed by atoms with Crippen molar-refractivity contribution in [3.63, 3.8) is 0 Å². The second-order valence-corrected chi connectivity index (χ2v) is 10.2. The van der Waals surface area contributed by atoms with Gasteiger partial charge in [0.2, 0.25) is 0 Å². The van der Waals surface area contributed by atoms with Crippen molar-refractivity contribution in [1.29, 1.82) is 0 Å². The Balaban J connectivity index is 1.31. The maximum atomic E-state index is 12.9. The van der Waals surface area contributed by atoms with Crippen molar-refractivity contribution in [2.75, 3.05) is 7.11 Å². The molecule has 4 aromatic rings. The highest BCUT2D eigenvalue weighted by atomic mass is 32.1. The molecule has 170 valence electrons. The molecular weight excluding hydrogens is 434 g/mol. The second-order valence-electron chi connectivity index (χ2n) is 9.18. The number of H-pyrrole nitrogens is 1. The molecule has 1 aliphatic carbocycles. The minimum absolute atomic E-state index is 0.0437. The summed E-state index contributed by atoms with van der Waals surface area (Å²) in [6.07, 6.45) is 6.78. The number of methoxy groups -OCH3 is 1. The Labute approximate surface area is 195 Å². The zero-order chi connectivity index (χ0) is 22.5. The second kappa shape index (κ2) is 8.11. The predicted molar refractivity (Wildman–Crippen MR) is 130 cm³/mol. The topological polar surface area (TPSA) is 84.8 Å². The highest BCUT2D eigenvalue weighted by Crippen LogP contribution is 2.40. The SMILES string of the molecule is COc1ccc(Cn2ncc(-c3cc4nc(C5NC6CCC5CC6)[nH]c(=O)c4s3)c2C)cc1. The lowest BCUT2D eigenvalue weighted by Gasteiger charge is -2.42. The number of thiophene rings is 1. The number of nitrogens with one attached hydrogen (secondary N) is 2. The molecule has 0 radical (unpaired) electrons. The van der Waals surface area contributed by atoms with Gasteiger partial charge in [-0.3, -0.25) is 9.48 Å². The number of fused-ring (bicyclic) bond motifs is 4. The van der Waals surface area contributed by atoms with Gasteiger partial charge in [0, 0.05) is 22.2 Å². The summed E-state index contributed by atoms with van der Waals surface area (Å²) >= 11 is 1.49. The summed E-state index contributed by atoms with van der Waals surface area (Å²) < 4.78 is 7.92. The van der Waals surface area contributed by atoms with Crippen molar-refractivity contribution in [3.8, 4) is 16.2 Å². The molecule has 2 saturated heterocycles. The number of nitrogens with zero attached hydrogens (tertiary/aromatic N) is 3. The van der Waals surface area contributed by atoms with Crippen molar-refractivity contribution >= 4 is 21.6 Å². The highest BCUT2D eigenvalue weighted by molar-refractivity contribution is 7.22.